The molecule has 0 fully saturated rings. The quantitative estimate of drug-likeness (QED) is 0.882. The Morgan fingerprint density at radius 2 is 2.27 bits per heavy atom. The highest BCUT2D eigenvalue weighted by molar-refractivity contribution is 9.11. The SMILES string of the molecule is CC(C)CCC(=O)NCc1ccc(Br)s1. The zero-order chi connectivity index (χ0) is 11.3. The highest BCUT2D eigenvalue weighted by Crippen LogP contribution is 2.21. The molecule has 0 saturated heterocycles. The Balaban J connectivity index is 2.22. The lowest BCUT2D eigenvalue weighted by Crippen LogP contribution is -2.22. The summed E-state index contributed by atoms with van der Waals surface area (Å²) in [4.78, 5) is 12.6. The van der Waals surface area contributed by atoms with Gasteiger partial charge in [-0.25, -0.2) is 0 Å². The molecule has 0 saturated carbocycles. The van der Waals surface area contributed by atoms with Gasteiger partial charge in [0, 0.05) is 11.3 Å². The van der Waals surface area contributed by atoms with E-state index in [1.54, 1.807) is 11.3 Å². The second-order valence-corrected chi connectivity index (χ2v) is 6.46. The third kappa shape index (κ3) is 5.33. The average Bonchev–Trinajstić information content (AvgIpc) is 2.58. The van der Waals surface area contributed by atoms with Gasteiger partial charge in [-0.15, -0.1) is 11.3 Å². The summed E-state index contributed by atoms with van der Waals surface area (Å²) in [7, 11) is 0. The number of carbonyl (C=O) groups excluding carboxylic acids is 1. The second-order valence-electron chi connectivity index (χ2n) is 3.92. The lowest BCUT2D eigenvalue weighted by molar-refractivity contribution is -0.121. The van der Waals surface area contributed by atoms with Crippen molar-refractivity contribution in [2.75, 3.05) is 0 Å². The van der Waals surface area contributed by atoms with Crippen molar-refractivity contribution in [1.29, 1.82) is 0 Å². The van der Waals surface area contributed by atoms with Gasteiger partial charge < -0.3 is 5.32 Å². The molecule has 84 valence electrons. The van der Waals surface area contributed by atoms with Crippen molar-refractivity contribution >= 4 is 33.2 Å². The second kappa shape index (κ2) is 6.28. The molecule has 1 rings (SSSR count). The molecule has 0 aliphatic heterocycles. The van der Waals surface area contributed by atoms with Gasteiger partial charge in [0.05, 0.1) is 10.3 Å². The monoisotopic (exact) mass is 289 g/mol. The van der Waals surface area contributed by atoms with Crippen LogP contribution in [0.1, 0.15) is 31.6 Å². The van der Waals surface area contributed by atoms with E-state index >= 15 is 0 Å². The average molecular weight is 290 g/mol. The van der Waals surface area contributed by atoms with Gasteiger partial charge in [-0.1, -0.05) is 13.8 Å². The number of carbonyl (C=O) groups is 1. The van der Waals surface area contributed by atoms with Crippen molar-refractivity contribution in [1.82, 2.24) is 5.32 Å². The molecular weight excluding hydrogens is 274 g/mol. The molecule has 0 spiro atoms. The molecule has 4 heteroatoms. The summed E-state index contributed by atoms with van der Waals surface area (Å²) in [5, 5.41) is 2.92. The first-order chi connectivity index (χ1) is 7.08. The largest absolute Gasteiger partial charge is 0.351 e. The van der Waals surface area contributed by atoms with Gasteiger partial charge in [-0.2, -0.15) is 0 Å². The molecule has 0 unspecified atom stereocenters. The van der Waals surface area contributed by atoms with E-state index in [1.807, 2.05) is 12.1 Å². The van der Waals surface area contributed by atoms with E-state index in [-0.39, 0.29) is 5.91 Å². The van der Waals surface area contributed by atoms with Gasteiger partial charge in [0.1, 0.15) is 0 Å². The maximum atomic E-state index is 11.4. The van der Waals surface area contributed by atoms with Crippen LogP contribution in [0.25, 0.3) is 0 Å². The summed E-state index contributed by atoms with van der Waals surface area (Å²) in [5.74, 6) is 0.736. The van der Waals surface area contributed by atoms with E-state index in [2.05, 4.69) is 35.1 Å². The van der Waals surface area contributed by atoms with Crippen LogP contribution in [-0.4, -0.2) is 5.91 Å². The predicted molar refractivity (Wildman–Crippen MR) is 67.9 cm³/mol. The molecule has 1 heterocycles. The van der Waals surface area contributed by atoms with Gasteiger partial charge in [0.2, 0.25) is 5.91 Å². The topological polar surface area (TPSA) is 29.1 Å². The summed E-state index contributed by atoms with van der Waals surface area (Å²) in [6, 6.07) is 4.03. The third-order valence-corrected chi connectivity index (χ3v) is 3.66. The molecule has 15 heavy (non-hydrogen) atoms. The van der Waals surface area contributed by atoms with Crippen LogP contribution in [0.5, 0.6) is 0 Å². The van der Waals surface area contributed by atoms with Crippen molar-refractivity contribution < 1.29 is 4.79 Å². The summed E-state index contributed by atoms with van der Waals surface area (Å²) in [5.41, 5.74) is 0. The Morgan fingerprint density at radius 1 is 1.53 bits per heavy atom. The van der Waals surface area contributed by atoms with Crippen LogP contribution in [0.15, 0.2) is 15.9 Å². The van der Waals surface area contributed by atoms with Crippen LogP contribution >= 0.6 is 27.3 Å². The summed E-state index contributed by atoms with van der Waals surface area (Å²) >= 11 is 5.05. The van der Waals surface area contributed by atoms with Crippen LogP contribution in [0.2, 0.25) is 0 Å². The lowest BCUT2D eigenvalue weighted by atomic mass is 10.1. The number of nitrogens with one attached hydrogen (secondary N) is 1. The molecule has 1 amide bonds. The van der Waals surface area contributed by atoms with Crippen LogP contribution in [0.4, 0.5) is 0 Å². The fourth-order valence-electron chi connectivity index (χ4n) is 1.14. The minimum Gasteiger partial charge on any atom is -0.351 e. The minimum absolute atomic E-state index is 0.147. The summed E-state index contributed by atoms with van der Waals surface area (Å²) in [6.07, 6.45) is 1.59. The first-order valence-corrected chi connectivity index (χ1v) is 6.70. The number of rotatable bonds is 5. The van der Waals surface area contributed by atoms with E-state index in [4.69, 9.17) is 0 Å². The third-order valence-electron chi connectivity index (χ3n) is 2.04. The first-order valence-electron chi connectivity index (χ1n) is 5.09. The highest BCUT2D eigenvalue weighted by Gasteiger charge is 2.04. The predicted octanol–water partition coefficient (Wildman–Crippen LogP) is 3.56. The van der Waals surface area contributed by atoms with Crippen LogP contribution < -0.4 is 5.32 Å². The molecule has 0 aromatic carbocycles. The normalized spacial score (nSPS) is 10.7. The van der Waals surface area contributed by atoms with Crippen molar-refractivity contribution in [3.63, 3.8) is 0 Å². The molecule has 1 N–H and O–H groups in total. The smallest absolute Gasteiger partial charge is 0.220 e. The molecule has 1 aromatic rings. The van der Waals surface area contributed by atoms with E-state index in [9.17, 15) is 4.79 Å². The van der Waals surface area contributed by atoms with Crippen molar-refractivity contribution in [3.05, 3.63) is 20.8 Å². The maximum absolute atomic E-state index is 11.4. The van der Waals surface area contributed by atoms with Gasteiger partial charge in [0.25, 0.3) is 0 Å². The van der Waals surface area contributed by atoms with Gasteiger partial charge in [-0.3, -0.25) is 4.79 Å². The summed E-state index contributed by atoms with van der Waals surface area (Å²) in [6.45, 7) is 4.90. The number of thiophene rings is 1. The zero-order valence-electron chi connectivity index (χ0n) is 9.05. The number of hydrogen-bond acceptors (Lipinski definition) is 2. The van der Waals surface area contributed by atoms with Gasteiger partial charge in [-0.05, 0) is 40.4 Å². The van der Waals surface area contributed by atoms with Crippen molar-refractivity contribution in [2.45, 2.75) is 33.2 Å². The lowest BCUT2D eigenvalue weighted by Gasteiger charge is -2.05. The van der Waals surface area contributed by atoms with Gasteiger partial charge >= 0.3 is 0 Å². The molecule has 0 aliphatic rings. The molecule has 0 radical (unpaired) electrons. The highest BCUT2D eigenvalue weighted by atomic mass is 79.9. The van der Waals surface area contributed by atoms with E-state index in [1.165, 1.54) is 4.88 Å². The van der Waals surface area contributed by atoms with Gasteiger partial charge in [0.15, 0.2) is 0 Å². The Hall–Kier alpha value is -0.350. The van der Waals surface area contributed by atoms with Crippen molar-refractivity contribution in [2.24, 2.45) is 5.92 Å². The molecule has 0 atom stereocenters. The molecule has 0 aliphatic carbocycles. The van der Waals surface area contributed by atoms with E-state index < -0.39 is 0 Å². The van der Waals surface area contributed by atoms with E-state index in [0.29, 0.717) is 18.9 Å². The molecular formula is C11H16BrNOS. The van der Waals surface area contributed by atoms with Crippen molar-refractivity contribution in [3.8, 4) is 0 Å². The molecule has 0 bridgehead atoms. The molecule has 1 aromatic heterocycles. The zero-order valence-corrected chi connectivity index (χ0v) is 11.5. The Labute approximate surface area is 103 Å². The van der Waals surface area contributed by atoms with Crippen LogP contribution in [0.3, 0.4) is 0 Å². The Bertz CT molecular complexity index is 322. The fourth-order valence-corrected chi connectivity index (χ4v) is 2.56. The number of amides is 1. The fraction of sp³-hybridized carbons (Fsp3) is 0.545. The minimum atomic E-state index is 0.147. The Kier molecular flexibility index (Phi) is 5.32. The summed E-state index contributed by atoms with van der Waals surface area (Å²) < 4.78 is 1.11. The Morgan fingerprint density at radius 3 is 2.80 bits per heavy atom. The van der Waals surface area contributed by atoms with Crippen LogP contribution in [0, 0.1) is 5.92 Å². The maximum Gasteiger partial charge on any atom is 0.220 e. The number of hydrogen-bond donors (Lipinski definition) is 1. The number of halogens is 1. The standard InChI is InChI=1S/C11H16BrNOS/c1-8(2)3-6-11(14)13-7-9-4-5-10(12)15-9/h4-5,8H,3,6-7H2,1-2H3,(H,13,14). The molecule has 2 nitrogen and oxygen atoms in total. The first kappa shape index (κ1) is 12.7. The van der Waals surface area contributed by atoms with E-state index in [0.717, 1.165) is 10.2 Å². The van der Waals surface area contributed by atoms with Crippen LogP contribution in [-0.2, 0) is 11.3 Å².